The van der Waals surface area contributed by atoms with Crippen LogP contribution < -0.4 is 0 Å². The van der Waals surface area contributed by atoms with E-state index >= 15 is 0 Å². The maximum atomic E-state index is 6.26. The minimum Gasteiger partial charge on any atom is -0.345 e. The lowest BCUT2D eigenvalue weighted by Gasteiger charge is -2.35. The summed E-state index contributed by atoms with van der Waals surface area (Å²) in [5, 5.41) is 0. The van der Waals surface area contributed by atoms with Crippen LogP contribution in [-0.2, 0) is 18.9 Å². The lowest BCUT2D eigenvalue weighted by Crippen LogP contribution is -2.40. The molecule has 0 bridgehead atoms. The SMILES string of the molecule is CCCOC(OCCC)([SiH2]CC)SSSC(OCCC)(OCCC)[SiH2]CC. The van der Waals surface area contributed by atoms with E-state index in [-0.39, 0.29) is 0 Å². The Morgan fingerprint density at radius 3 is 1.07 bits per heavy atom. The molecule has 0 amide bonds. The summed E-state index contributed by atoms with van der Waals surface area (Å²) in [5.41, 5.74) is 0. The molecule has 0 rings (SSSR count). The summed E-state index contributed by atoms with van der Waals surface area (Å²) in [6.07, 6.45) is 4.05. The molecule has 0 saturated carbocycles. The minimum atomic E-state index is -0.505. The van der Waals surface area contributed by atoms with Gasteiger partial charge in [-0.05, 0) is 57.1 Å². The van der Waals surface area contributed by atoms with E-state index < -0.39 is 28.5 Å². The number of hydrogen-bond donors (Lipinski definition) is 0. The lowest BCUT2D eigenvalue weighted by molar-refractivity contribution is -0.116. The highest BCUT2D eigenvalue weighted by atomic mass is 33.5. The first-order valence-corrected chi connectivity index (χ1v) is 17.6. The molecule has 4 nitrogen and oxygen atoms in total. The van der Waals surface area contributed by atoms with Crippen molar-refractivity contribution in [1.82, 2.24) is 0 Å². The van der Waals surface area contributed by atoms with Gasteiger partial charge in [0.2, 0.25) is 9.48 Å². The molecule has 0 aromatic rings. The van der Waals surface area contributed by atoms with Crippen molar-refractivity contribution in [1.29, 1.82) is 0 Å². The van der Waals surface area contributed by atoms with E-state index in [4.69, 9.17) is 18.9 Å². The molecule has 0 aliphatic heterocycles. The Hall–Kier alpha value is 1.32. The van der Waals surface area contributed by atoms with Crippen molar-refractivity contribution < 1.29 is 18.9 Å². The Morgan fingerprint density at radius 2 is 0.852 bits per heavy atom. The molecule has 0 fully saturated rings. The molecule has 0 spiro atoms. The maximum Gasteiger partial charge on any atom is 0.200 e. The van der Waals surface area contributed by atoms with Crippen LogP contribution >= 0.6 is 31.4 Å². The molecule has 0 saturated heterocycles. The van der Waals surface area contributed by atoms with Crippen molar-refractivity contribution in [2.75, 3.05) is 26.4 Å². The summed E-state index contributed by atoms with van der Waals surface area (Å²) in [4.78, 5) is 0. The number of rotatable bonds is 20. The normalized spacial score (nSPS) is 13.6. The molecule has 0 aliphatic rings. The van der Waals surface area contributed by atoms with Gasteiger partial charge >= 0.3 is 0 Å². The first-order valence-electron chi connectivity index (χ1n) is 10.7. The monoisotopic (exact) mass is 474 g/mol. The van der Waals surface area contributed by atoms with Crippen LogP contribution in [0.3, 0.4) is 0 Å². The highest BCUT2D eigenvalue weighted by molar-refractivity contribution is 9.10. The van der Waals surface area contributed by atoms with Gasteiger partial charge in [0.15, 0.2) is 0 Å². The molecule has 0 atom stereocenters. The molecule has 27 heavy (non-hydrogen) atoms. The maximum absolute atomic E-state index is 6.26. The molecule has 0 aromatic heterocycles. The van der Waals surface area contributed by atoms with Crippen LogP contribution in [-0.4, -0.2) is 55.0 Å². The van der Waals surface area contributed by atoms with E-state index in [0.29, 0.717) is 0 Å². The van der Waals surface area contributed by atoms with Gasteiger partial charge in [-0.1, -0.05) is 53.6 Å². The first kappa shape index (κ1) is 28.3. The zero-order valence-electron chi connectivity index (χ0n) is 18.3. The Bertz CT molecular complexity index is 296. The average molecular weight is 475 g/mol. The molecular formula is C18H42O4S3Si2. The van der Waals surface area contributed by atoms with Crippen LogP contribution in [0.5, 0.6) is 0 Å². The van der Waals surface area contributed by atoms with Crippen molar-refractivity contribution in [3.05, 3.63) is 0 Å². The Labute approximate surface area is 184 Å². The van der Waals surface area contributed by atoms with E-state index in [1.807, 2.05) is 0 Å². The van der Waals surface area contributed by atoms with E-state index in [2.05, 4.69) is 41.5 Å². The first-order chi connectivity index (χ1) is 13.1. The van der Waals surface area contributed by atoms with Gasteiger partial charge in [-0.25, -0.2) is 0 Å². The fourth-order valence-electron chi connectivity index (χ4n) is 2.31. The Balaban J connectivity index is 5.06. The van der Waals surface area contributed by atoms with Crippen molar-refractivity contribution in [3.8, 4) is 0 Å². The second kappa shape index (κ2) is 18.1. The lowest BCUT2D eigenvalue weighted by atomic mass is 10.5. The van der Waals surface area contributed by atoms with Crippen LogP contribution in [0.4, 0.5) is 0 Å². The predicted molar refractivity (Wildman–Crippen MR) is 131 cm³/mol. The molecule has 0 aromatic carbocycles. The molecule has 0 heterocycles. The fraction of sp³-hybridized carbons (Fsp3) is 1.00. The summed E-state index contributed by atoms with van der Waals surface area (Å²) in [5.74, 6) is 0. The third-order valence-electron chi connectivity index (χ3n) is 3.54. The molecule has 164 valence electrons. The van der Waals surface area contributed by atoms with Gasteiger partial charge in [-0.3, -0.25) is 0 Å². The van der Waals surface area contributed by atoms with Gasteiger partial charge in [-0.2, -0.15) is 0 Å². The fourth-order valence-corrected chi connectivity index (χ4v) is 14.9. The van der Waals surface area contributed by atoms with E-state index in [0.717, 1.165) is 52.1 Å². The summed E-state index contributed by atoms with van der Waals surface area (Å²) in [7, 11) is 4.25. The van der Waals surface area contributed by atoms with Gasteiger partial charge in [0.25, 0.3) is 0 Å². The summed E-state index contributed by atoms with van der Waals surface area (Å²) < 4.78 is 24.2. The largest absolute Gasteiger partial charge is 0.345 e. The van der Waals surface area contributed by atoms with Crippen LogP contribution in [0.15, 0.2) is 0 Å². The molecular weight excluding hydrogens is 433 g/mol. The number of hydrogen-bond acceptors (Lipinski definition) is 7. The second-order valence-electron chi connectivity index (χ2n) is 6.49. The van der Waals surface area contributed by atoms with E-state index in [1.165, 1.54) is 12.1 Å². The topological polar surface area (TPSA) is 36.9 Å². The molecule has 0 unspecified atom stereocenters. The van der Waals surface area contributed by atoms with Gasteiger partial charge in [0.05, 0.1) is 26.4 Å². The minimum absolute atomic E-state index is 0.437. The average Bonchev–Trinajstić information content (AvgIpc) is 2.67. The van der Waals surface area contributed by atoms with Gasteiger partial charge < -0.3 is 18.9 Å². The van der Waals surface area contributed by atoms with Crippen molar-refractivity contribution in [2.45, 2.75) is 88.8 Å². The Kier molecular flexibility index (Phi) is 19.0. The molecule has 0 aliphatic carbocycles. The second-order valence-corrected chi connectivity index (χ2v) is 16.7. The van der Waals surface area contributed by atoms with Crippen molar-refractivity contribution >= 4 is 50.5 Å². The Morgan fingerprint density at radius 1 is 0.556 bits per heavy atom. The highest BCUT2D eigenvalue weighted by Gasteiger charge is 2.37. The summed E-state index contributed by atoms with van der Waals surface area (Å²) in [6, 6.07) is 2.33. The standard InChI is InChI=1S/C18H42O4S3Si2/c1-7-13-19-17(26-11-5,20-14-8-2)23-25-24-18(27-12-6,21-15-9-3)22-16-10-4/h7-16,26-27H2,1-6H3. The zero-order chi connectivity index (χ0) is 20.4. The van der Waals surface area contributed by atoms with Crippen LogP contribution in [0.2, 0.25) is 12.1 Å². The third kappa shape index (κ3) is 12.6. The smallest absolute Gasteiger partial charge is 0.200 e. The number of ether oxygens (including phenoxy) is 4. The van der Waals surface area contributed by atoms with Crippen molar-refractivity contribution in [3.63, 3.8) is 0 Å². The van der Waals surface area contributed by atoms with Gasteiger partial charge in [0, 0.05) is 0 Å². The molecule has 0 radical (unpaired) electrons. The summed E-state index contributed by atoms with van der Waals surface area (Å²) in [6.45, 7) is 16.1. The van der Waals surface area contributed by atoms with E-state index in [1.54, 1.807) is 31.4 Å². The third-order valence-corrected chi connectivity index (χ3v) is 14.2. The highest BCUT2D eigenvalue weighted by Crippen LogP contribution is 2.50. The van der Waals surface area contributed by atoms with E-state index in [9.17, 15) is 0 Å². The van der Waals surface area contributed by atoms with Crippen molar-refractivity contribution in [2.24, 2.45) is 0 Å². The quantitative estimate of drug-likeness (QED) is 0.137. The zero-order valence-corrected chi connectivity index (χ0v) is 23.6. The summed E-state index contributed by atoms with van der Waals surface area (Å²) >= 11 is 0. The van der Waals surface area contributed by atoms with Gasteiger partial charge in [-0.15, -0.1) is 0 Å². The van der Waals surface area contributed by atoms with Gasteiger partial charge in [0.1, 0.15) is 19.0 Å². The van der Waals surface area contributed by atoms with Crippen LogP contribution in [0.25, 0.3) is 0 Å². The molecule has 0 N–H and O–H groups in total. The molecule has 9 heteroatoms. The van der Waals surface area contributed by atoms with Crippen LogP contribution in [0.1, 0.15) is 67.2 Å². The predicted octanol–water partition coefficient (Wildman–Crippen LogP) is 5.16. The van der Waals surface area contributed by atoms with Crippen LogP contribution in [0, 0.1) is 0 Å².